The van der Waals surface area contributed by atoms with Crippen LogP contribution in [0.1, 0.15) is 69.8 Å². The van der Waals surface area contributed by atoms with Crippen LogP contribution in [0, 0.1) is 11.3 Å². The summed E-state index contributed by atoms with van der Waals surface area (Å²) in [5.41, 5.74) is 1.50. The number of carbonyl (C=O) groups excluding carboxylic acids is 1. The van der Waals surface area contributed by atoms with E-state index >= 15 is 0 Å². The Morgan fingerprint density at radius 2 is 2.04 bits per heavy atom. The zero-order valence-electron chi connectivity index (χ0n) is 16.8. The largest absolute Gasteiger partial charge is 0.342 e. The Bertz CT molecular complexity index is 595. The molecule has 27 heavy (non-hydrogen) atoms. The summed E-state index contributed by atoms with van der Waals surface area (Å²) < 4.78 is 0. The van der Waals surface area contributed by atoms with Gasteiger partial charge in [0.2, 0.25) is 5.91 Å². The number of aromatic nitrogens is 2. The third kappa shape index (κ3) is 4.92. The van der Waals surface area contributed by atoms with Gasteiger partial charge in [0.1, 0.15) is 0 Å². The minimum atomic E-state index is 0.326. The Morgan fingerprint density at radius 3 is 2.85 bits per heavy atom. The second-order valence-electron chi connectivity index (χ2n) is 9.34. The summed E-state index contributed by atoms with van der Waals surface area (Å²) in [5.74, 6) is 1.30. The topological polar surface area (TPSA) is 52.2 Å². The molecule has 3 heterocycles. The van der Waals surface area contributed by atoms with Gasteiger partial charge in [-0.05, 0) is 56.7 Å². The van der Waals surface area contributed by atoms with Crippen LogP contribution in [0.3, 0.4) is 0 Å². The highest BCUT2D eigenvalue weighted by Gasteiger charge is 2.42. The number of rotatable bonds is 6. The molecule has 2 aliphatic heterocycles. The summed E-state index contributed by atoms with van der Waals surface area (Å²) >= 11 is 0. The van der Waals surface area contributed by atoms with Crippen LogP contribution >= 0.6 is 0 Å². The number of likely N-dealkylation sites (tertiary alicyclic amines) is 2. The molecule has 4 rings (SSSR count). The monoisotopic (exact) mass is 372 g/mol. The average molecular weight is 373 g/mol. The van der Waals surface area contributed by atoms with Gasteiger partial charge in [0.25, 0.3) is 0 Å². The molecule has 1 amide bonds. The first-order chi connectivity index (χ1) is 13.2. The summed E-state index contributed by atoms with van der Waals surface area (Å²) in [5, 5.41) is 6.80. The summed E-state index contributed by atoms with van der Waals surface area (Å²) in [6, 6.07) is 0. The number of aryl methyl sites for hydroxylation is 1. The fourth-order valence-corrected chi connectivity index (χ4v) is 5.65. The molecule has 1 aromatic heterocycles. The quantitative estimate of drug-likeness (QED) is 0.830. The van der Waals surface area contributed by atoms with Gasteiger partial charge in [0.05, 0.1) is 6.20 Å². The lowest BCUT2D eigenvalue weighted by molar-refractivity contribution is -0.130. The van der Waals surface area contributed by atoms with Crippen molar-refractivity contribution in [1.82, 2.24) is 20.0 Å². The Morgan fingerprint density at radius 1 is 1.15 bits per heavy atom. The second kappa shape index (κ2) is 8.76. The summed E-state index contributed by atoms with van der Waals surface area (Å²) in [6.07, 6.45) is 17.6. The number of H-pyrrole nitrogens is 1. The van der Waals surface area contributed by atoms with Crippen molar-refractivity contribution in [2.45, 2.75) is 70.6 Å². The van der Waals surface area contributed by atoms with Crippen LogP contribution in [0.2, 0.25) is 0 Å². The molecule has 150 valence electrons. The van der Waals surface area contributed by atoms with Crippen molar-refractivity contribution in [3.05, 3.63) is 18.0 Å². The van der Waals surface area contributed by atoms with Gasteiger partial charge in [-0.1, -0.05) is 32.1 Å². The zero-order chi connectivity index (χ0) is 18.5. The molecule has 3 fully saturated rings. The van der Waals surface area contributed by atoms with Crippen molar-refractivity contribution < 1.29 is 4.79 Å². The molecule has 1 aromatic rings. The smallest absolute Gasteiger partial charge is 0.222 e. The SMILES string of the molecule is O=C(CCc1cn[nH]c1)N1CCC2(CCCN(CCC3CCCCC3)C2)C1. The van der Waals surface area contributed by atoms with E-state index in [1.807, 2.05) is 12.4 Å². The maximum absolute atomic E-state index is 12.7. The van der Waals surface area contributed by atoms with E-state index in [2.05, 4.69) is 20.0 Å². The average Bonchev–Trinajstić information content (AvgIpc) is 3.36. The van der Waals surface area contributed by atoms with Crippen molar-refractivity contribution in [1.29, 1.82) is 0 Å². The number of aromatic amines is 1. The van der Waals surface area contributed by atoms with Crippen molar-refractivity contribution in [2.24, 2.45) is 11.3 Å². The third-order valence-corrected chi connectivity index (χ3v) is 7.29. The Hall–Kier alpha value is -1.36. The van der Waals surface area contributed by atoms with Crippen molar-refractivity contribution >= 4 is 5.91 Å². The Balaban J connectivity index is 1.24. The van der Waals surface area contributed by atoms with E-state index < -0.39 is 0 Å². The standard InChI is InChI=1S/C22H36N4O/c27-21(8-7-20-15-23-24-16-20)26-14-11-22(18-26)10-4-12-25(17-22)13-9-19-5-2-1-3-6-19/h15-16,19H,1-14,17-18H2,(H,23,24). The molecule has 0 radical (unpaired) electrons. The number of nitrogens with one attached hydrogen (secondary N) is 1. The van der Waals surface area contributed by atoms with Crippen LogP contribution in [-0.4, -0.2) is 58.6 Å². The normalized spacial score (nSPS) is 27.5. The van der Waals surface area contributed by atoms with Crippen LogP contribution in [0.25, 0.3) is 0 Å². The van der Waals surface area contributed by atoms with Gasteiger partial charge in [-0.25, -0.2) is 0 Å². The molecule has 1 atom stereocenters. The first kappa shape index (κ1) is 19.0. The first-order valence-corrected chi connectivity index (χ1v) is 11.2. The lowest BCUT2D eigenvalue weighted by atomic mass is 9.79. The van der Waals surface area contributed by atoms with E-state index in [0.717, 1.165) is 31.0 Å². The molecular formula is C22H36N4O. The number of hydrogen-bond acceptors (Lipinski definition) is 3. The highest BCUT2D eigenvalue weighted by Crippen LogP contribution is 2.39. The summed E-state index contributed by atoms with van der Waals surface area (Å²) in [6.45, 7) is 5.70. The van der Waals surface area contributed by atoms with Crippen molar-refractivity contribution in [3.63, 3.8) is 0 Å². The van der Waals surface area contributed by atoms with Gasteiger partial charge in [-0.2, -0.15) is 5.10 Å². The molecule has 5 nitrogen and oxygen atoms in total. The van der Waals surface area contributed by atoms with E-state index in [1.54, 1.807) is 0 Å². The van der Waals surface area contributed by atoms with Gasteiger partial charge in [-0.3, -0.25) is 9.89 Å². The van der Waals surface area contributed by atoms with Crippen LogP contribution in [-0.2, 0) is 11.2 Å². The summed E-state index contributed by atoms with van der Waals surface area (Å²) in [7, 11) is 0. The second-order valence-corrected chi connectivity index (χ2v) is 9.34. The summed E-state index contributed by atoms with van der Waals surface area (Å²) in [4.78, 5) is 17.5. The number of nitrogens with zero attached hydrogens (tertiary/aromatic N) is 3. The zero-order valence-corrected chi connectivity index (χ0v) is 16.8. The predicted molar refractivity (Wildman–Crippen MR) is 107 cm³/mol. The number of amides is 1. The van der Waals surface area contributed by atoms with Crippen molar-refractivity contribution in [2.75, 3.05) is 32.7 Å². The lowest BCUT2D eigenvalue weighted by Crippen LogP contribution is -2.45. The molecule has 1 unspecified atom stereocenters. The number of piperidine rings is 1. The molecule has 0 aromatic carbocycles. The van der Waals surface area contributed by atoms with Gasteiger partial charge < -0.3 is 9.80 Å². The van der Waals surface area contributed by atoms with Gasteiger partial charge >= 0.3 is 0 Å². The molecule has 1 spiro atoms. The van der Waals surface area contributed by atoms with E-state index in [1.165, 1.54) is 77.4 Å². The fourth-order valence-electron chi connectivity index (χ4n) is 5.65. The maximum Gasteiger partial charge on any atom is 0.222 e. The van der Waals surface area contributed by atoms with Gasteiger partial charge in [-0.15, -0.1) is 0 Å². The minimum absolute atomic E-state index is 0.326. The maximum atomic E-state index is 12.7. The van der Waals surface area contributed by atoms with Crippen LogP contribution in [0.15, 0.2) is 12.4 Å². The minimum Gasteiger partial charge on any atom is -0.342 e. The highest BCUT2D eigenvalue weighted by atomic mass is 16.2. The predicted octanol–water partition coefficient (Wildman–Crippen LogP) is 3.63. The van der Waals surface area contributed by atoms with Crippen molar-refractivity contribution in [3.8, 4) is 0 Å². The molecule has 2 saturated heterocycles. The molecule has 0 bridgehead atoms. The third-order valence-electron chi connectivity index (χ3n) is 7.29. The van der Waals surface area contributed by atoms with Gasteiger partial charge in [0, 0.05) is 37.7 Å². The van der Waals surface area contributed by atoms with Crippen LogP contribution in [0.5, 0.6) is 0 Å². The molecule has 1 aliphatic carbocycles. The van der Waals surface area contributed by atoms with E-state index in [-0.39, 0.29) is 0 Å². The molecule has 1 N–H and O–H groups in total. The van der Waals surface area contributed by atoms with Crippen LogP contribution in [0.4, 0.5) is 0 Å². The van der Waals surface area contributed by atoms with E-state index in [4.69, 9.17) is 0 Å². The Kier molecular flexibility index (Phi) is 6.16. The molecular weight excluding hydrogens is 336 g/mol. The van der Waals surface area contributed by atoms with E-state index in [0.29, 0.717) is 17.7 Å². The lowest BCUT2D eigenvalue weighted by Gasteiger charge is -2.41. The van der Waals surface area contributed by atoms with Crippen LogP contribution < -0.4 is 0 Å². The molecule has 1 saturated carbocycles. The number of hydrogen-bond donors (Lipinski definition) is 1. The first-order valence-electron chi connectivity index (χ1n) is 11.2. The fraction of sp³-hybridized carbons (Fsp3) is 0.818. The Labute approximate surface area is 163 Å². The number of carbonyl (C=O) groups is 1. The van der Waals surface area contributed by atoms with Gasteiger partial charge in [0.15, 0.2) is 0 Å². The highest BCUT2D eigenvalue weighted by molar-refractivity contribution is 5.76. The molecule has 3 aliphatic rings. The van der Waals surface area contributed by atoms with E-state index in [9.17, 15) is 4.79 Å². The molecule has 5 heteroatoms.